The molecule has 0 bridgehead atoms. The number of nitrogens with one attached hydrogen (secondary N) is 2. The maximum Gasteiger partial charge on any atom is 0.407 e. The summed E-state index contributed by atoms with van der Waals surface area (Å²) in [6, 6.07) is 8.98. The number of carbonyl (C=O) groups is 7. The lowest BCUT2D eigenvalue weighted by Crippen LogP contribution is -2.53. The smallest absolute Gasteiger partial charge is 0.407 e. The Bertz CT molecular complexity index is 2930. The number of aryl methyl sites for hydroxylation is 6. The number of allylic oxidation sites excluding steroid dienone is 7. The van der Waals surface area contributed by atoms with E-state index in [-0.39, 0.29) is 68.7 Å². The van der Waals surface area contributed by atoms with Crippen molar-refractivity contribution in [1.82, 2.24) is 10.6 Å². The molecule has 1 fully saturated rings. The Morgan fingerprint density at radius 2 is 0.988 bits per heavy atom. The molecular weight excluding hydrogens is 1100 g/mol. The molecule has 2 aromatic rings. The summed E-state index contributed by atoms with van der Waals surface area (Å²) in [6.07, 6.45) is 19.6. The number of rotatable bonds is 32. The van der Waals surface area contributed by atoms with Gasteiger partial charge in [0.1, 0.15) is 44.1 Å². The number of hydrogen-bond acceptors (Lipinski definition) is 15. The topological polar surface area (TPSA) is 228 Å². The van der Waals surface area contributed by atoms with Gasteiger partial charge in [0, 0.05) is 77.9 Å². The van der Waals surface area contributed by atoms with Crippen LogP contribution in [0.1, 0.15) is 124 Å². The van der Waals surface area contributed by atoms with E-state index < -0.39 is 47.1 Å². The molecule has 2 N–H and O–H groups in total. The molecule has 464 valence electrons. The Morgan fingerprint density at radius 3 is 1.41 bits per heavy atom. The van der Waals surface area contributed by atoms with Crippen LogP contribution in [0.25, 0.3) is 0 Å². The first-order valence-electron chi connectivity index (χ1n) is 29.7. The first kappa shape index (κ1) is 68.5. The van der Waals surface area contributed by atoms with Gasteiger partial charge in [-0.1, -0.05) is 61.8 Å². The van der Waals surface area contributed by atoms with Crippen molar-refractivity contribution in [3.8, 4) is 0 Å². The third-order valence-corrected chi connectivity index (χ3v) is 15.4. The van der Waals surface area contributed by atoms with E-state index in [0.717, 1.165) is 123 Å². The predicted molar refractivity (Wildman–Crippen MR) is 329 cm³/mol. The van der Waals surface area contributed by atoms with Gasteiger partial charge in [-0.3, -0.25) is 4.79 Å². The van der Waals surface area contributed by atoms with E-state index in [4.69, 9.17) is 28.4 Å². The molecule has 2 amide bonds. The number of ketones is 1. The minimum Gasteiger partial charge on any atom is -0.872 e. The second kappa shape index (κ2) is 32.8. The lowest BCUT2D eigenvalue weighted by molar-refractivity contribution is -0.440. The molecule has 18 heteroatoms. The van der Waals surface area contributed by atoms with Crippen molar-refractivity contribution in [3.63, 3.8) is 0 Å². The number of Topliss-reactive ketones (excluding diaryl/α,β-unsaturated/α-hetero) is 1. The Kier molecular flexibility index (Phi) is 26.2. The van der Waals surface area contributed by atoms with Gasteiger partial charge in [0.25, 0.3) is 0 Å². The fourth-order valence-electron chi connectivity index (χ4n) is 11.3. The number of esters is 4. The van der Waals surface area contributed by atoms with Gasteiger partial charge in [0.15, 0.2) is 5.78 Å². The molecule has 0 saturated heterocycles. The van der Waals surface area contributed by atoms with Crippen molar-refractivity contribution < 1.29 is 71.7 Å². The van der Waals surface area contributed by atoms with Crippen LogP contribution < -0.4 is 20.6 Å². The van der Waals surface area contributed by atoms with Crippen molar-refractivity contribution in [1.29, 1.82) is 0 Å². The zero-order valence-corrected chi connectivity index (χ0v) is 51.7. The monoisotopic (exact) mass is 1180 g/mol. The van der Waals surface area contributed by atoms with Crippen molar-refractivity contribution >= 4 is 58.9 Å². The number of nitrogens with zero attached hydrogens (tertiary/aromatic N) is 2. The molecule has 3 aliphatic rings. The summed E-state index contributed by atoms with van der Waals surface area (Å²) in [6.45, 7) is 30.0. The minimum absolute atomic E-state index is 0.112. The number of unbranched alkanes of at least 4 members (excludes halogenated alkanes) is 6. The van der Waals surface area contributed by atoms with Gasteiger partial charge in [0.05, 0.1) is 13.2 Å². The van der Waals surface area contributed by atoms with E-state index >= 15 is 0 Å². The zero-order chi connectivity index (χ0) is 63.1. The van der Waals surface area contributed by atoms with E-state index in [1.54, 1.807) is 13.8 Å². The largest absolute Gasteiger partial charge is 0.872 e. The quantitative estimate of drug-likeness (QED) is 0.0228. The summed E-state index contributed by atoms with van der Waals surface area (Å²) in [4.78, 5) is 89.1. The predicted octanol–water partition coefficient (Wildman–Crippen LogP) is 10.3. The number of ether oxygens (including phenoxy) is 6. The van der Waals surface area contributed by atoms with E-state index in [2.05, 4.69) is 112 Å². The number of anilines is 1. The molecule has 86 heavy (non-hydrogen) atoms. The molecule has 0 atom stereocenters. The summed E-state index contributed by atoms with van der Waals surface area (Å²) in [5.41, 5.74) is 9.02. The summed E-state index contributed by atoms with van der Waals surface area (Å²) in [5.74, 6) is -3.21. The Labute approximate surface area is 507 Å². The normalized spacial score (nSPS) is 15.6. The molecule has 0 spiro atoms. The highest BCUT2D eigenvalue weighted by molar-refractivity contribution is 6.20. The molecule has 3 aliphatic carbocycles. The molecule has 0 radical (unpaired) electrons. The molecule has 1 saturated carbocycles. The number of amides is 2. The maximum absolute atomic E-state index is 14.1. The second-order valence-electron chi connectivity index (χ2n) is 23.1. The van der Waals surface area contributed by atoms with E-state index in [1.807, 2.05) is 24.3 Å². The van der Waals surface area contributed by atoms with Crippen molar-refractivity contribution in [2.75, 3.05) is 57.6 Å². The molecule has 0 aliphatic heterocycles. The average molecular weight is 1190 g/mol. The number of carbonyl (C=O) groups excluding carboxylic acids is 7. The van der Waals surface area contributed by atoms with Gasteiger partial charge in [-0.05, 0) is 172 Å². The van der Waals surface area contributed by atoms with Crippen molar-refractivity contribution in [2.45, 2.75) is 150 Å². The van der Waals surface area contributed by atoms with Crippen LogP contribution in [0.15, 0.2) is 122 Å². The van der Waals surface area contributed by atoms with Crippen LogP contribution >= 0.6 is 0 Å². The third kappa shape index (κ3) is 19.9. The molecule has 5 rings (SSSR count). The van der Waals surface area contributed by atoms with Crippen LogP contribution in [0.2, 0.25) is 0 Å². The fraction of sp³-hybridized carbons (Fsp3) is 0.471. The Morgan fingerprint density at radius 1 is 0.581 bits per heavy atom. The highest BCUT2D eigenvalue weighted by Gasteiger charge is 2.38. The summed E-state index contributed by atoms with van der Waals surface area (Å²) in [5, 5.41) is 19.4. The highest BCUT2D eigenvalue weighted by Crippen LogP contribution is 2.43. The SMILES string of the molecule is C=CC(=O)OCC(C)(COC(=O)C=C)NC(=O)OCCCCCCN(c1c(C)cc(C)cc1C)C1CCC(C2=C([O-])C(=C3C=CC(=[N+](CCCCCCOC(=O)NC(C)(COC(=O)C=C)COC(=O)C=C)c4c(C)cc(C)cc4C)C=C3)C2=O)CC1. The molecule has 0 aromatic heterocycles. The number of hydrogen-bond donors (Lipinski definition) is 2. The van der Waals surface area contributed by atoms with Crippen LogP contribution in [0.4, 0.5) is 21.0 Å². The molecule has 0 heterocycles. The standard InChI is InChI=1S/C68H88N4O14/c1-13-55(73)83-41-67(11,42-84-56(74)14-2)69-65(79)81-35-23-19-17-21-33-71(61-47(7)37-45(5)38-48(61)8)53-29-25-51(26-30-53)59-63(77)60(64(59)78)52-27-31-54(32-28-52)72(62-49(9)39-46(6)40-50(62)10)34-22-18-20-24-36-82-66(80)70-68(12,43-85-57(75)15-3)44-86-58(76)16-4/h13-16,25-26,29-30,37-40,52,54H,1-4,17-24,27-28,31-36,41-44H2,5-12H3,(H2-,69,70,77,78,79,80). The fourth-order valence-corrected chi connectivity index (χ4v) is 11.3. The van der Waals surface area contributed by atoms with Crippen LogP contribution in [0.5, 0.6) is 0 Å². The molecule has 2 aromatic carbocycles. The summed E-state index contributed by atoms with van der Waals surface area (Å²) >= 11 is 0. The first-order chi connectivity index (χ1) is 40.9. The highest BCUT2D eigenvalue weighted by atomic mass is 16.6. The average Bonchev–Trinajstić information content (AvgIpc) is 0.890. The van der Waals surface area contributed by atoms with E-state index in [0.29, 0.717) is 30.5 Å². The van der Waals surface area contributed by atoms with E-state index in [9.17, 15) is 38.7 Å². The Balaban J connectivity index is 1.17. The van der Waals surface area contributed by atoms with Crippen LogP contribution in [-0.2, 0) is 52.4 Å². The molecule has 18 nitrogen and oxygen atoms in total. The molecule has 0 unspecified atom stereocenters. The van der Waals surface area contributed by atoms with Gasteiger partial charge < -0.3 is 49.1 Å². The van der Waals surface area contributed by atoms with Crippen molar-refractivity contribution in [3.05, 3.63) is 155 Å². The van der Waals surface area contributed by atoms with Gasteiger partial charge in [0.2, 0.25) is 11.4 Å². The summed E-state index contributed by atoms with van der Waals surface area (Å²) in [7, 11) is 0. The number of benzene rings is 2. The van der Waals surface area contributed by atoms with Gasteiger partial charge >= 0.3 is 36.1 Å². The second-order valence-corrected chi connectivity index (χ2v) is 23.1. The zero-order valence-electron chi connectivity index (χ0n) is 51.7. The molecular formula is C68H88N4O14. The third-order valence-electron chi connectivity index (χ3n) is 15.4. The van der Waals surface area contributed by atoms with Gasteiger partial charge in [-0.15, -0.1) is 0 Å². The number of alkyl carbamates (subject to hydrolysis) is 2. The summed E-state index contributed by atoms with van der Waals surface area (Å²) < 4.78 is 33.7. The van der Waals surface area contributed by atoms with Crippen LogP contribution in [0, 0.1) is 47.5 Å². The van der Waals surface area contributed by atoms with Crippen molar-refractivity contribution in [2.24, 2.45) is 5.92 Å². The van der Waals surface area contributed by atoms with Gasteiger partial charge in [-0.25, -0.2) is 28.8 Å². The first-order valence-corrected chi connectivity index (χ1v) is 29.7. The lowest BCUT2D eigenvalue weighted by atomic mass is 9.71. The lowest BCUT2D eigenvalue weighted by Gasteiger charge is -2.43. The maximum atomic E-state index is 14.1. The van der Waals surface area contributed by atoms with Gasteiger partial charge in [-0.2, -0.15) is 4.58 Å². The Hall–Kier alpha value is -8.28. The minimum atomic E-state index is -1.26. The van der Waals surface area contributed by atoms with Crippen LogP contribution in [0.3, 0.4) is 0 Å². The van der Waals surface area contributed by atoms with Crippen LogP contribution in [-0.4, -0.2) is 122 Å². The van der Waals surface area contributed by atoms with E-state index in [1.165, 1.54) is 22.4 Å².